The van der Waals surface area contributed by atoms with Crippen LogP contribution in [0.2, 0.25) is 0 Å². The zero-order valence-corrected chi connectivity index (χ0v) is 7.60. The van der Waals surface area contributed by atoms with Crippen LogP contribution in [0.1, 0.15) is 34.1 Å². The standard InChI is InChI=1S/C8H15N3/c1-5-8(9)11-7(4)10-6(2)3/h9H,5H2,1-4H3. The first-order chi connectivity index (χ1) is 5.06. The molecule has 0 unspecified atom stereocenters. The average molecular weight is 153 g/mol. The summed E-state index contributed by atoms with van der Waals surface area (Å²) in [4.78, 5) is 8.04. The molecule has 0 saturated heterocycles. The highest BCUT2D eigenvalue weighted by Crippen LogP contribution is 1.88. The largest absolute Gasteiger partial charge is 0.287 e. The molecule has 11 heavy (non-hydrogen) atoms. The van der Waals surface area contributed by atoms with Gasteiger partial charge in [0.05, 0.1) is 0 Å². The third-order valence-corrected chi connectivity index (χ3v) is 1.02. The Morgan fingerprint density at radius 2 is 1.73 bits per heavy atom. The molecule has 0 saturated carbocycles. The van der Waals surface area contributed by atoms with Gasteiger partial charge in [-0.2, -0.15) is 0 Å². The number of rotatable bonds is 1. The van der Waals surface area contributed by atoms with Crippen molar-refractivity contribution in [3.05, 3.63) is 0 Å². The van der Waals surface area contributed by atoms with E-state index in [9.17, 15) is 0 Å². The number of amidine groups is 2. The van der Waals surface area contributed by atoms with Gasteiger partial charge >= 0.3 is 0 Å². The molecule has 0 aromatic carbocycles. The molecule has 3 heteroatoms. The van der Waals surface area contributed by atoms with E-state index in [1.54, 1.807) is 6.92 Å². The molecular formula is C8H15N3. The van der Waals surface area contributed by atoms with E-state index in [1.807, 2.05) is 20.8 Å². The molecule has 0 aliphatic rings. The van der Waals surface area contributed by atoms with E-state index in [0.717, 1.165) is 5.71 Å². The second kappa shape index (κ2) is 4.77. The first-order valence-corrected chi connectivity index (χ1v) is 3.71. The summed E-state index contributed by atoms with van der Waals surface area (Å²) in [6, 6.07) is 0. The van der Waals surface area contributed by atoms with Crippen molar-refractivity contribution in [2.24, 2.45) is 9.98 Å². The molecule has 0 aliphatic heterocycles. The highest BCUT2D eigenvalue weighted by Gasteiger charge is 1.89. The van der Waals surface area contributed by atoms with E-state index in [1.165, 1.54) is 0 Å². The molecule has 0 spiro atoms. The van der Waals surface area contributed by atoms with Crippen molar-refractivity contribution in [2.45, 2.75) is 34.1 Å². The second-order valence-electron chi connectivity index (χ2n) is 2.52. The van der Waals surface area contributed by atoms with E-state index < -0.39 is 0 Å². The van der Waals surface area contributed by atoms with E-state index >= 15 is 0 Å². The molecule has 3 nitrogen and oxygen atoms in total. The Hall–Kier alpha value is -0.990. The first-order valence-electron chi connectivity index (χ1n) is 3.71. The van der Waals surface area contributed by atoms with Crippen molar-refractivity contribution in [3.8, 4) is 0 Å². The summed E-state index contributed by atoms with van der Waals surface area (Å²) in [5, 5.41) is 7.26. The maximum absolute atomic E-state index is 7.26. The molecule has 0 aliphatic carbocycles. The van der Waals surface area contributed by atoms with E-state index in [2.05, 4.69) is 9.98 Å². The number of nitrogens with one attached hydrogen (secondary N) is 1. The summed E-state index contributed by atoms with van der Waals surface area (Å²) in [5.41, 5.74) is 0.968. The van der Waals surface area contributed by atoms with Crippen molar-refractivity contribution in [3.63, 3.8) is 0 Å². The van der Waals surface area contributed by atoms with E-state index in [-0.39, 0.29) is 0 Å². The summed E-state index contributed by atoms with van der Waals surface area (Å²) in [7, 11) is 0. The normalized spacial score (nSPS) is 11.1. The molecule has 0 amide bonds. The number of aliphatic imine (C=N–C) groups is 2. The molecule has 62 valence electrons. The Balaban J connectivity index is 4.23. The van der Waals surface area contributed by atoms with Gasteiger partial charge in [0, 0.05) is 12.1 Å². The Morgan fingerprint density at radius 3 is 2.09 bits per heavy atom. The van der Waals surface area contributed by atoms with Gasteiger partial charge in [0.25, 0.3) is 0 Å². The van der Waals surface area contributed by atoms with Gasteiger partial charge in [-0.15, -0.1) is 0 Å². The van der Waals surface area contributed by atoms with Crippen LogP contribution in [-0.4, -0.2) is 17.4 Å². The summed E-state index contributed by atoms with van der Waals surface area (Å²) in [5.74, 6) is 1.05. The molecule has 1 N–H and O–H groups in total. The lowest BCUT2D eigenvalue weighted by atomic mass is 10.4. The number of nitrogens with zero attached hydrogens (tertiary/aromatic N) is 2. The van der Waals surface area contributed by atoms with Crippen LogP contribution < -0.4 is 0 Å². The van der Waals surface area contributed by atoms with Gasteiger partial charge in [-0.1, -0.05) is 6.92 Å². The summed E-state index contributed by atoms with van der Waals surface area (Å²) < 4.78 is 0. The molecule has 0 atom stereocenters. The van der Waals surface area contributed by atoms with Crippen LogP contribution in [0.5, 0.6) is 0 Å². The van der Waals surface area contributed by atoms with Gasteiger partial charge in [0.15, 0.2) is 0 Å². The van der Waals surface area contributed by atoms with Gasteiger partial charge in [-0.25, -0.2) is 9.98 Å². The second-order valence-corrected chi connectivity index (χ2v) is 2.52. The molecule has 0 fully saturated rings. The molecule has 0 heterocycles. The van der Waals surface area contributed by atoms with Gasteiger partial charge in [0.2, 0.25) is 0 Å². The van der Waals surface area contributed by atoms with Gasteiger partial charge in [-0.3, -0.25) is 5.41 Å². The summed E-state index contributed by atoms with van der Waals surface area (Å²) >= 11 is 0. The van der Waals surface area contributed by atoms with Crippen molar-refractivity contribution in [1.29, 1.82) is 5.41 Å². The maximum atomic E-state index is 7.26. The van der Waals surface area contributed by atoms with Crippen molar-refractivity contribution >= 4 is 17.4 Å². The predicted molar refractivity (Wildman–Crippen MR) is 49.9 cm³/mol. The third kappa shape index (κ3) is 5.45. The Bertz CT molecular complexity index is 197. The Labute approximate surface area is 67.8 Å². The van der Waals surface area contributed by atoms with Crippen molar-refractivity contribution in [1.82, 2.24) is 0 Å². The van der Waals surface area contributed by atoms with Gasteiger partial charge in [-0.05, 0) is 20.8 Å². The summed E-state index contributed by atoms with van der Waals surface area (Å²) in [6.07, 6.45) is 0.662. The van der Waals surface area contributed by atoms with Crippen molar-refractivity contribution in [2.75, 3.05) is 0 Å². The third-order valence-electron chi connectivity index (χ3n) is 1.02. The van der Waals surface area contributed by atoms with Crippen LogP contribution in [0.3, 0.4) is 0 Å². The Morgan fingerprint density at radius 1 is 1.18 bits per heavy atom. The van der Waals surface area contributed by atoms with Crippen LogP contribution in [0.25, 0.3) is 0 Å². The summed E-state index contributed by atoms with van der Waals surface area (Å²) in [6.45, 7) is 7.53. The minimum absolute atomic E-state index is 0.382. The molecule has 0 radical (unpaired) electrons. The quantitative estimate of drug-likeness (QED) is 0.444. The molecular weight excluding hydrogens is 138 g/mol. The smallest absolute Gasteiger partial charge is 0.127 e. The Kier molecular flexibility index (Phi) is 4.34. The van der Waals surface area contributed by atoms with Crippen molar-refractivity contribution < 1.29 is 0 Å². The molecule has 0 rings (SSSR count). The maximum Gasteiger partial charge on any atom is 0.127 e. The van der Waals surface area contributed by atoms with E-state index in [4.69, 9.17) is 5.41 Å². The average Bonchev–Trinajstić information content (AvgIpc) is 1.85. The topological polar surface area (TPSA) is 48.6 Å². The lowest BCUT2D eigenvalue weighted by Gasteiger charge is -1.93. The fourth-order valence-electron chi connectivity index (χ4n) is 0.623. The molecule has 0 aromatic heterocycles. The van der Waals surface area contributed by atoms with Crippen LogP contribution in [0, 0.1) is 5.41 Å². The van der Waals surface area contributed by atoms with E-state index in [0.29, 0.717) is 18.1 Å². The highest BCUT2D eigenvalue weighted by molar-refractivity contribution is 6.00. The fraction of sp³-hybridized carbons (Fsp3) is 0.625. The van der Waals surface area contributed by atoms with Gasteiger partial charge in [0.1, 0.15) is 11.7 Å². The van der Waals surface area contributed by atoms with Crippen LogP contribution in [0.4, 0.5) is 0 Å². The fourth-order valence-corrected chi connectivity index (χ4v) is 0.623. The predicted octanol–water partition coefficient (Wildman–Crippen LogP) is 2.27. The first kappa shape index (κ1) is 10.0. The minimum atomic E-state index is 0.382. The monoisotopic (exact) mass is 153 g/mol. The minimum Gasteiger partial charge on any atom is -0.287 e. The molecule has 0 bridgehead atoms. The SMILES string of the molecule is CCC(=N)N=C(C)N=C(C)C. The zero-order valence-electron chi connectivity index (χ0n) is 7.60. The lowest BCUT2D eigenvalue weighted by molar-refractivity contribution is 1.20. The number of hydrogen-bond donors (Lipinski definition) is 1. The van der Waals surface area contributed by atoms with Crippen LogP contribution in [-0.2, 0) is 0 Å². The highest BCUT2D eigenvalue weighted by atomic mass is 14.9. The van der Waals surface area contributed by atoms with Crippen LogP contribution in [0.15, 0.2) is 9.98 Å². The van der Waals surface area contributed by atoms with Crippen LogP contribution >= 0.6 is 0 Å². The lowest BCUT2D eigenvalue weighted by Crippen LogP contribution is -1.96. The number of hydrogen-bond acceptors (Lipinski definition) is 1. The van der Waals surface area contributed by atoms with Gasteiger partial charge < -0.3 is 0 Å². The molecule has 0 aromatic rings. The zero-order chi connectivity index (χ0) is 8.85.